The monoisotopic (exact) mass is 349 g/mol. The summed E-state index contributed by atoms with van der Waals surface area (Å²) in [6, 6.07) is 0. The van der Waals surface area contributed by atoms with Crippen LogP contribution in [0.1, 0.15) is 71.1 Å². The quantitative estimate of drug-likeness (QED) is 0.852. The van der Waals surface area contributed by atoms with Gasteiger partial charge in [0.2, 0.25) is 11.8 Å². The minimum absolute atomic E-state index is 0.0701. The van der Waals surface area contributed by atoms with E-state index in [0.717, 1.165) is 58.2 Å². The minimum Gasteiger partial charge on any atom is -0.359 e. The molecule has 3 fully saturated rings. The molecular weight excluding hydrogens is 314 g/mol. The van der Waals surface area contributed by atoms with Crippen LogP contribution < -0.4 is 5.32 Å². The first kappa shape index (κ1) is 18.7. The van der Waals surface area contributed by atoms with E-state index in [4.69, 9.17) is 0 Å². The molecule has 2 amide bonds. The number of carbonyl (C=O) groups excluding carboxylic acids is 2. The Kier molecular flexibility index (Phi) is 5.71. The highest BCUT2D eigenvalue weighted by Gasteiger charge is 2.49. The van der Waals surface area contributed by atoms with Crippen molar-refractivity contribution in [2.45, 2.75) is 76.7 Å². The molecule has 3 rings (SSSR count). The molecule has 1 aliphatic carbocycles. The van der Waals surface area contributed by atoms with Crippen LogP contribution in [0.25, 0.3) is 0 Å². The lowest BCUT2D eigenvalue weighted by atomic mass is 9.76. The van der Waals surface area contributed by atoms with Crippen LogP contribution in [-0.4, -0.2) is 60.4 Å². The molecular formula is C20H35N3O2. The average molecular weight is 350 g/mol. The highest BCUT2D eigenvalue weighted by atomic mass is 16.2. The molecule has 0 aromatic heterocycles. The Morgan fingerprint density at radius 3 is 2.12 bits per heavy atom. The van der Waals surface area contributed by atoms with Crippen LogP contribution in [0.5, 0.6) is 0 Å². The second-order valence-electron chi connectivity index (χ2n) is 8.61. The summed E-state index contributed by atoms with van der Waals surface area (Å²) >= 11 is 0. The van der Waals surface area contributed by atoms with Gasteiger partial charge in [-0.1, -0.05) is 25.7 Å². The van der Waals surface area contributed by atoms with Crippen LogP contribution in [0, 0.1) is 5.41 Å². The first-order valence-electron chi connectivity index (χ1n) is 10.3. The van der Waals surface area contributed by atoms with Gasteiger partial charge < -0.3 is 10.2 Å². The van der Waals surface area contributed by atoms with Crippen LogP contribution >= 0.6 is 0 Å². The molecule has 0 aromatic rings. The van der Waals surface area contributed by atoms with Gasteiger partial charge in [-0.2, -0.15) is 0 Å². The predicted molar refractivity (Wildman–Crippen MR) is 99.2 cm³/mol. The van der Waals surface area contributed by atoms with Crippen molar-refractivity contribution < 1.29 is 9.59 Å². The highest BCUT2D eigenvalue weighted by Crippen LogP contribution is 2.39. The summed E-state index contributed by atoms with van der Waals surface area (Å²) in [5, 5.41) is 2.80. The molecule has 2 aliphatic heterocycles. The van der Waals surface area contributed by atoms with Crippen LogP contribution in [0.15, 0.2) is 0 Å². The van der Waals surface area contributed by atoms with Crippen molar-refractivity contribution in [3.8, 4) is 0 Å². The molecule has 1 atom stereocenters. The van der Waals surface area contributed by atoms with Crippen molar-refractivity contribution in [3.63, 3.8) is 0 Å². The summed E-state index contributed by atoms with van der Waals surface area (Å²) in [5.41, 5.74) is -0.736. The molecule has 0 bridgehead atoms. The Hall–Kier alpha value is -1.10. The fraction of sp³-hybridized carbons (Fsp3) is 0.900. The minimum atomic E-state index is -0.444. The fourth-order valence-electron chi connectivity index (χ4n) is 5.32. The number of nitrogens with one attached hydrogen (secondary N) is 1. The number of hydrogen-bond donors (Lipinski definition) is 1. The predicted octanol–water partition coefficient (Wildman–Crippen LogP) is 2.55. The smallest absolute Gasteiger partial charge is 0.243 e. The molecule has 1 unspecified atom stereocenters. The van der Waals surface area contributed by atoms with Gasteiger partial charge in [-0.3, -0.25) is 14.5 Å². The summed E-state index contributed by atoms with van der Waals surface area (Å²) in [7, 11) is 1.70. The number of hydrogen-bond acceptors (Lipinski definition) is 3. The summed E-state index contributed by atoms with van der Waals surface area (Å²) in [6.07, 6.45) is 11.1. The van der Waals surface area contributed by atoms with Crippen molar-refractivity contribution in [3.05, 3.63) is 0 Å². The van der Waals surface area contributed by atoms with E-state index in [2.05, 4.69) is 10.2 Å². The Labute approximate surface area is 152 Å². The molecule has 142 valence electrons. The average Bonchev–Trinajstić information content (AvgIpc) is 2.68. The van der Waals surface area contributed by atoms with Gasteiger partial charge in [-0.05, 0) is 58.5 Å². The van der Waals surface area contributed by atoms with Crippen molar-refractivity contribution in [1.82, 2.24) is 15.1 Å². The van der Waals surface area contributed by atoms with Crippen LogP contribution in [0.3, 0.4) is 0 Å². The standard InChI is InChI=1S/C20H35N3O2/c1-19(17(24)21-2)10-9-13-22(16-19)18(25)20(11-5-3-6-12-20)23-14-7-4-8-15-23/h3-16H2,1-2H3,(H,21,24). The van der Waals surface area contributed by atoms with E-state index in [9.17, 15) is 9.59 Å². The first-order chi connectivity index (χ1) is 12.0. The van der Waals surface area contributed by atoms with Crippen molar-refractivity contribution in [2.75, 3.05) is 33.2 Å². The van der Waals surface area contributed by atoms with Crippen molar-refractivity contribution in [1.29, 1.82) is 0 Å². The summed E-state index contributed by atoms with van der Waals surface area (Å²) in [4.78, 5) is 30.6. The van der Waals surface area contributed by atoms with Crippen LogP contribution in [0.2, 0.25) is 0 Å². The first-order valence-corrected chi connectivity index (χ1v) is 10.3. The molecule has 5 nitrogen and oxygen atoms in total. The van der Waals surface area contributed by atoms with Gasteiger partial charge in [0, 0.05) is 20.1 Å². The van der Waals surface area contributed by atoms with E-state index >= 15 is 0 Å². The number of amides is 2. The Balaban J connectivity index is 1.81. The van der Waals surface area contributed by atoms with E-state index in [-0.39, 0.29) is 11.4 Å². The molecule has 1 N–H and O–H groups in total. The lowest BCUT2D eigenvalue weighted by molar-refractivity contribution is -0.153. The summed E-state index contributed by atoms with van der Waals surface area (Å²) in [5.74, 6) is 0.379. The second kappa shape index (κ2) is 7.65. The SMILES string of the molecule is CNC(=O)C1(C)CCCN(C(=O)C2(N3CCCCC3)CCCCC2)C1. The molecule has 0 aromatic carbocycles. The topological polar surface area (TPSA) is 52.7 Å². The normalized spacial score (nSPS) is 30.7. The Morgan fingerprint density at radius 2 is 1.48 bits per heavy atom. The van der Waals surface area contributed by atoms with Gasteiger partial charge in [-0.15, -0.1) is 0 Å². The molecule has 2 saturated heterocycles. The Bertz CT molecular complexity index is 495. The zero-order valence-electron chi connectivity index (χ0n) is 16.1. The maximum Gasteiger partial charge on any atom is 0.243 e. The third kappa shape index (κ3) is 3.57. The summed E-state index contributed by atoms with van der Waals surface area (Å²) in [6.45, 7) is 5.51. The van der Waals surface area contributed by atoms with E-state index in [1.54, 1.807) is 7.05 Å². The van der Waals surface area contributed by atoms with Gasteiger partial charge in [0.15, 0.2) is 0 Å². The van der Waals surface area contributed by atoms with Crippen LogP contribution in [0.4, 0.5) is 0 Å². The second-order valence-corrected chi connectivity index (χ2v) is 8.61. The molecule has 1 saturated carbocycles. The van der Waals surface area contributed by atoms with Crippen molar-refractivity contribution >= 4 is 11.8 Å². The maximum absolute atomic E-state index is 13.7. The lowest BCUT2D eigenvalue weighted by Crippen LogP contribution is -2.64. The van der Waals surface area contributed by atoms with Gasteiger partial charge in [0.25, 0.3) is 0 Å². The molecule has 0 spiro atoms. The van der Waals surface area contributed by atoms with E-state index < -0.39 is 5.41 Å². The van der Waals surface area contributed by atoms with Crippen LogP contribution in [-0.2, 0) is 9.59 Å². The van der Waals surface area contributed by atoms with E-state index in [0.29, 0.717) is 12.5 Å². The lowest BCUT2D eigenvalue weighted by Gasteiger charge is -2.50. The highest BCUT2D eigenvalue weighted by molar-refractivity contribution is 5.88. The maximum atomic E-state index is 13.7. The number of piperidine rings is 2. The van der Waals surface area contributed by atoms with E-state index in [1.807, 2.05) is 11.8 Å². The molecule has 3 aliphatic rings. The number of carbonyl (C=O) groups is 2. The van der Waals surface area contributed by atoms with Gasteiger partial charge >= 0.3 is 0 Å². The van der Waals surface area contributed by atoms with Gasteiger partial charge in [-0.25, -0.2) is 0 Å². The van der Waals surface area contributed by atoms with Crippen molar-refractivity contribution in [2.24, 2.45) is 5.41 Å². The zero-order valence-corrected chi connectivity index (χ0v) is 16.1. The Morgan fingerprint density at radius 1 is 0.840 bits per heavy atom. The number of likely N-dealkylation sites (tertiary alicyclic amines) is 2. The molecule has 0 radical (unpaired) electrons. The third-order valence-corrected chi connectivity index (χ3v) is 6.80. The molecule has 2 heterocycles. The van der Waals surface area contributed by atoms with Gasteiger partial charge in [0.1, 0.15) is 5.54 Å². The largest absolute Gasteiger partial charge is 0.359 e. The number of nitrogens with zero attached hydrogens (tertiary/aromatic N) is 2. The number of rotatable bonds is 3. The molecule has 25 heavy (non-hydrogen) atoms. The molecule has 5 heteroatoms. The third-order valence-electron chi connectivity index (χ3n) is 6.80. The zero-order chi connectivity index (χ0) is 17.9. The van der Waals surface area contributed by atoms with Gasteiger partial charge in [0.05, 0.1) is 5.41 Å². The summed E-state index contributed by atoms with van der Waals surface area (Å²) < 4.78 is 0. The van der Waals surface area contributed by atoms with E-state index in [1.165, 1.54) is 25.7 Å². The fourth-order valence-corrected chi connectivity index (χ4v) is 5.32.